The quantitative estimate of drug-likeness (QED) is 0.698. The van der Waals surface area contributed by atoms with Crippen molar-refractivity contribution in [1.29, 1.82) is 5.26 Å². The molecule has 1 aromatic heterocycles. The number of amides is 1. The van der Waals surface area contributed by atoms with Crippen molar-refractivity contribution in [3.8, 4) is 6.07 Å². The van der Waals surface area contributed by atoms with E-state index in [-0.39, 0.29) is 11.4 Å². The standard InChI is InChI=1S/C19H12F3N5O/c20-19(21,22)13-5-7-14(8-6-13)26-18(28)16-10-25-17(11-24-16)27-15-4-2-1-3-12(15)9-23/h1-8,10-11H,(H,25,27)(H,26,28). The van der Waals surface area contributed by atoms with Crippen LogP contribution < -0.4 is 10.6 Å². The minimum Gasteiger partial charge on any atom is -0.338 e. The van der Waals surface area contributed by atoms with E-state index in [0.717, 1.165) is 24.3 Å². The number of aromatic nitrogens is 2. The molecule has 0 aliphatic rings. The van der Waals surface area contributed by atoms with Gasteiger partial charge >= 0.3 is 6.18 Å². The van der Waals surface area contributed by atoms with Crippen molar-refractivity contribution in [3.05, 3.63) is 77.7 Å². The highest BCUT2D eigenvalue weighted by atomic mass is 19.4. The van der Waals surface area contributed by atoms with Gasteiger partial charge in [0, 0.05) is 5.69 Å². The summed E-state index contributed by atoms with van der Waals surface area (Å²) in [5, 5.41) is 14.5. The third-order valence-electron chi connectivity index (χ3n) is 3.66. The molecule has 0 saturated heterocycles. The molecule has 2 N–H and O–H groups in total. The van der Waals surface area contributed by atoms with Crippen molar-refractivity contribution in [2.75, 3.05) is 10.6 Å². The van der Waals surface area contributed by atoms with Gasteiger partial charge < -0.3 is 10.6 Å². The SMILES string of the molecule is N#Cc1ccccc1Nc1cnc(C(=O)Nc2ccc(C(F)(F)F)cc2)cn1. The molecule has 1 amide bonds. The van der Waals surface area contributed by atoms with Crippen LogP contribution in [0, 0.1) is 11.3 Å². The smallest absolute Gasteiger partial charge is 0.338 e. The van der Waals surface area contributed by atoms with Gasteiger partial charge in [-0.05, 0) is 36.4 Å². The van der Waals surface area contributed by atoms with Crippen molar-refractivity contribution in [2.45, 2.75) is 6.18 Å². The highest BCUT2D eigenvalue weighted by molar-refractivity contribution is 6.02. The van der Waals surface area contributed by atoms with Gasteiger partial charge in [-0.1, -0.05) is 12.1 Å². The lowest BCUT2D eigenvalue weighted by Gasteiger charge is -2.09. The summed E-state index contributed by atoms with van der Waals surface area (Å²) in [5.74, 6) is -0.287. The van der Waals surface area contributed by atoms with Crippen molar-refractivity contribution in [3.63, 3.8) is 0 Å². The Morgan fingerprint density at radius 2 is 1.71 bits per heavy atom. The molecular weight excluding hydrogens is 371 g/mol. The first-order valence-corrected chi connectivity index (χ1v) is 7.93. The fraction of sp³-hybridized carbons (Fsp3) is 0.0526. The van der Waals surface area contributed by atoms with Crippen molar-refractivity contribution in [1.82, 2.24) is 9.97 Å². The second-order valence-electron chi connectivity index (χ2n) is 5.60. The zero-order valence-electron chi connectivity index (χ0n) is 14.2. The van der Waals surface area contributed by atoms with Crippen molar-refractivity contribution in [2.24, 2.45) is 0 Å². The predicted molar refractivity (Wildman–Crippen MR) is 95.9 cm³/mol. The monoisotopic (exact) mass is 383 g/mol. The lowest BCUT2D eigenvalue weighted by Crippen LogP contribution is -2.14. The van der Waals surface area contributed by atoms with E-state index in [1.165, 1.54) is 12.4 Å². The highest BCUT2D eigenvalue weighted by Gasteiger charge is 2.30. The first kappa shape index (κ1) is 18.8. The normalized spacial score (nSPS) is 10.8. The van der Waals surface area contributed by atoms with Crippen LogP contribution in [0.4, 0.5) is 30.4 Å². The summed E-state index contributed by atoms with van der Waals surface area (Å²) in [6, 6.07) is 12.9. The van der Waals surface area contributed by atoms with Crippen LogP contribution in [0.1, 0.15) is 21.6 Å². The number of hydrogen-bond acceptors (Lipinski definition) is 5. The molecule has 0 unspecified atom stereocenters. The number of hydrogen-bond donors (Lipinski definition) is 2. The summed E-state index contributed by atoms with van der Waals surface area (Å²) in [4.78, 5) is 20.2. The third-order valence-corrected chi connectivity index (χ3v) is 3.66. The molecule has 140 valence electrons. The largest absolute Gasteiger partial charge is 0.416 e. The zero-order valence-corrected chi connectivity index (χ0v) is 14.2. The van der Waals surface area contributed by atoms with Crippen molar-refractivity contribution >= 4 is 23.1 Å². The van der Waals surface area contributed by atoms with Crippen LogP contribution in [-0.2, 0) is 6.18 Å². The molecule has 2 aromatic carbocycles. The van der Waals surface area contributed by atoms with Gasteiger partial charge in [0.05, 0.1) is 29.2 Å². The number of carbonyl (C=O) groups is 1. The van der Waals surface area contributed by atoms with E-state index in [9.17, 15) is 18.0 Å². The summed E-state index contributed by atoms with van der Waals surface area (Å²) in [7, 11) is 0. The number of alkyl halides is 3. The predicted octanol–water partition coefficient (Wildman–Crippen LogP) is 4.36. The van der Waals surface area contributed by atoms with Crippen LogP contribution in [0.15, 0.2) is 60.9 Å². The summed E-state index contributed by atoms with van der Waals surface area (Å²) in [5.41, 5.74) is 0.344. The Morgan fingerprint density at radius 1 is 1.00 bits per heavy atom. The highest BCUT2D eigenvalue weighted by Crippen LogP contribution is 2.29. The van der Waals surface area contributed by atoms with E-state index >= 15 is 0 Å². The molecule has 6 nitrogen and oxygen atoms in total. The Hall–Kier alpha value is -3.93. The summed E-state index contributed by atoms with van der Waals surface area (Å²) in [6.45, 7) is 0. The fourth-order valence-corrected chi connectivity index (χ4v) is 2.28. The molecule has 0 aliphatic carbocycles. The molecule has 0 atom stereocenters. The maximum Gasteiger partial charge on any atom is 0.416 e. The zero-order chi connectivity index (χ0) is 20.1. The fourth-order valence-electron chi connectivity index (χ4n) is 2.28. The molecule has 0 aliphatic heterocycles. The Balaban J connectivity index is 1.68. The van der Waals surface area contributed by atoms with Crippen LogP contribution in [0.3, 0.4) is 0 Å². The number of halogens is 3. The van der Waals surface area contributed by atoms with Crippen LogP contribution in [-0.4, -0.2) is 15.9 Å². The molecule has 0 saturated carbocycles. The van der Waals surface area contributed by atoms with E-state index in [4.69, 9.17) is 5.26 Å². The molecule has 0 radical (unpaired) electrons. The molecule has 0 spiro atoms. The second kappa shape index (κ2) is 7.75. The van der Waals surface area contributed by atoms with E-state index in [1.54, 1.807) is 24.3 Å². The Morgan fingerprint density at radius 3 is 2.32 bits per heavy atom. The van der Waals surface area contributed by atoms with Crippen LogP contribution >= 0.6 is 0 Å². The van der Waals surface area contributed by atoms with E-state index in [2.05, 4.69) is 20.6 Å². The average Bonchev–Trinajstić information content (AvgIpc) is 2.68. The number of anilines is 3. The second-order valence-corrected chi connectivity index (χ2v) is 5.60. The number of nitrogens with one attached hydrogen (secondary N) is 2. The third kappa shape index (κ3) is 4.42. The average molecular weight is 383 g/mol. The van der Waals surface area contributed by atoms with E-state index in [0.29, 0.717) is 17.1 Å². The lowest BCUT2D eigenvalue weighted by molar-refractivity contribution is -0.137. The van der Waals surface area contributed by atoms with Gasteiger partial charge in [-0.15, -0.1) is 0 Å². The van der Waals surface area contributed by atoms with Gasteiger partial charge in [0.2, 0.25) is 0 Å². The molecule has 0 bridgehead atoms. The Kier molecular flexibility index (Phi) is 5.22. The minimum atomic E-state index is -4.44. The summed E-state index contributed by atoms with van der Waals surface area (Å²) < 4.78 is 37.7. The Labute approximate surface area is 157 Å². The van der Waals surface area contributed by atoms with E-state index in [1.807, 2.05) is 6.07 Å². The minimum absolute atomic E-state index is 0.0148. The van der Waals surface area contributed by atoms with Crippen LogP contribution in [0.5, 0.6) is 0 Å². The van der Waals surface area contributed by atoms with Gasteiger partial charge in [-0.25, -0.2) is 9.97 Å². The number of rotatable bonds is 4. The maximum atomic E-state index is 12.6. The molecular formula is C19H12F3N5O. The number of para-hydroxylation sites is 1. The summed E-state index contributed by atoms with van der Waals surface area (Å²) in [6.07, 6.45) is -1.91. The van der Waals surface area contributed by atoms with Crippen LogP contribution in [0.25, 0.3) is 0 Å². The first-order chi connectivity index (χ1) is 13.4. The van der Waals surface area contributed by atoms with Gasteiger partial charge in [-0.2, -0.15) is 18.4 Å². The first-order valence-electron chi connectivity index (χ1n) is 7.93. The maximum absolute atomic E-state index is 12.6. The van der Waals surface area contributed by atoms with Crippen LogP contribution in [0.2, 0.25) is 0 Å². The molecule has 3 aromatic rings. The number of nitrogens with zero attached hydrogens (tertiary/aromatic N) is 3. The topological polar surface area (TPSA) is 90.7 Å². The van der Waals surface area contributed by atoms with Gasteiger partial charge in [0.1, 0.15) is 17.6 Å². The van der Waals surface area contributed by atoms with Gasteiger partial charge in [0.15, 0.2) is 0 Å². The molecule has 1 heterocycles. The number of nitriles is 1. The van der Waals surface area contributed by atoms with Crippen molar-refractivity contribution < 1.29 is 18.0 Å². The molecule has 9 heteroatoms. The lowest BCUT2D eigenvalue weighted by atomic mass is 10.2. The number of carbonyl (C=O) groups excluding carboxylic acids is 1. The Bertz CT molecular complexity index is 1030. The number of benzene rings is 2. The van der Waals surface area contributed by atoms with E-state index < -0.39 is 17.6 Å². The molecule has 3 rings (SSSR count). The van der Waals surface area contributed by atoms with Gasteiger partial charge in [0.25, 0.3) is 5.91 Å². The summed E-state index contributed by atoms with van der Waals surface area (Å²) >= 11 is 0. The molecule has 28 heavy (non-hydrogen) atoms. The molecule has 0 fully saturated rings. The van der Waals surface area contributed by atoms with Gasteiger partial charge in [-0.3, -0.25) is 4.79 Å².